The van der Waals surface area contributed by atoms with Gasteiger partial charge in [-0.05, 0) is 40.2 Å². The first-order valence-electron chi connectivity index (χ1n) is 30.0. The summed E-state index contributed by atoms with van der Waals surface area (Å²) in [6, 6.07) is 0.311. The molecule has 0 fully saturated rings. The lowest BCUT2D eigenvalue weighted by atomic mass is 10.1. The van der Waals surface area contributed by atoms with Crippen LogP contribution in [0, 0.1) is 0 Å². The molecule has 0 aliphatic carbocycles. The van der Waals surface area contributed by atoms with Crippen molar-refractivity contribution in [3.05, 3.63) is 0 Å². The molecule has 0 spiro atoms. The molecule has 0 N–H and O–H groups in total. The van der Waals surface area contributed by atoms with Crippen LogP contribution >= 0.6 is 0 Å². The Morgan fingerprint density at radius 1 is 0.338 bits per heavy atom. The van der Waals surface area contributed by atoms with E-state index in [1.165, 1.54) is 161 Å². The Morgan fingerprint density at radius 2 is 0.592 bits per heavy atom. The van der Waals surface area contributed by atoms with Gasteiger partial charge in [0.25, 0.3) is 0 Å². The third kappa shape index (κ3) is 48.4. The van der Waals surface area contributed by atoms with Gasteiger partial charge in [0.05, 0.1) is 52.6 Å². The second-order valence-electron chi connectivity index (χ2n) is 20.9. The van der Waals surface area contributed by atoms with Gasteiger partial charge in [0.15, 0.2) is 0 Å². The number of carbonyl (C=O) groups excluding carboxylic acids is 4. The van der Waals surface area contributed by atoms with E-state index >= 15 is 0 Å². The lowest BCUT2D eigenvalue weighted by molar-refractivity contribution is -0.145. The molecule has 0 saturated carbocycles. The molecule has 12 heteroatoms. The predicted molar refractivity (Wildman–Crippen MR) is 296 cm³/mol. The molecule has 71 heavy (non-hydrogen) atoms. The normalized spacial score (nSPS) is 11.7. The Hall–Kier alpha value is -2.28. The van der Waals surface area contributed by atoms with Crippen LogP contribution in [0.4, 0.5) is 0 Å². The Morgan fingerprint density at radius 3 is 0.887 bits per heavy atom. The summed E-state index contributed by atoms with van der Waals surface area (Å²) in [5.41, 5.74) is 0. The van der Waals surface area contributed by atoms with Gasteiger partial charge in [-0.2, -0.15) is 0 Å². The van der Waals surface area contributed by atoms with Crippen LogP contribution < -0.4 is 0 Å². The number of hydrogen-bond acceptors (Lipinski definition) is 12. The smallest absolute Gasteiger partial charge is 0.307 e. The van der Waals surface area contributed by atoms with Crippen LogP contribution in [0.1, 0.15) is 253 Å². The number of esters is 4. The monoisotopic (exact) mass is 1010 g/mol. The summed E-state index contributed by atoms with van der Waals surface area (Å²) >= 11 is 0. The Balaban J connectivity index is 5.00. The first-order chi connectivity index (χ1) is 34.6. The summed E-state index contributed by atoms with van der Waals surface area (Å²) in [5.74, 6) is -0.769. The van der Waals surface area contributed by atoms with E-state index in [1.54, 1.807) is 0 Å². The third-order valence-electron chi connectivity index (χ3n) is 14.0. The highest BCUT2D eigenvalue weighted by atomic mass is 16.5. The molecule has 0 aromatic heterocycles. The van der Waals surface area contributed by atoms with Gasteiger partial charge >= 0.3 is 23.9 Å². The lowest BCUT2D eigenvalue weighted by Crippen LogP contribution is -2.44. The fraction of sp³-hybridized carbons (Fsp3) is 0.932. The van der Waals surface area contributed by atoms with E-state index in [1.807, 2.05) is 0 Å². The van der Waals surface area contributed by atoms with Crippen molar-refractivity contribution in [3.63, 3.8) is 0 Å². The van der Waals surface area contributed by atoms with Crippen LogP contribution in [0.2, 0.25) is 0 Å². The molecule has 420 valence electrons. The average molecular weight is 1010 g/mol. The molecule has 12 nitrogen and oxygen atoms in total. The SMILES string of the molecule is CCCCCCCCCCCCOC(=O)CCN(CCC(=O)OCCCCCCCCCCCC)CCN(C)CCN(CCN(CCC(=O)OC)CCC(=O)OCCCCCCCCCCCC)C(C)C. The molecule has 0 aliphatic rings. The zero-order valence-electron chi connectivity index (χ0n) is 47.9. The van der Waals surface area contributed by atoms with Crippen molar-refractivity contribution in [2.24, 2.45) is 0 Å². The van der Waals surface area contributed by atoms with E-state index in [0.29, 0.717) is 71.3 Å². The summed E-state index contributed by atoms with van der Waals surface area (Å²) in [5, 5.41) is 0. The number of methoxy groups -OCH3 is 1. The molecule has 0 unspecified atom stereocenters. The molecular weight excluding hydrogens is 893 g/mol. The number of unbranched alkanes of at least 4 members (excludes halogenated alkanes) is 27. The summed E-state index contributed by atoms with van der Waals surface area (Å²) in [4.78, 5) is 59.6. The van der Waals surface area contributed by atoms with Gasteiger partial charge in [-0.25, -0.2) is 0 Å². The highest BCUT2D eigenvalue weighted by Gasteiger charge is 2.18. The van der Waals surface area contributed by atoms with Crippen molar-refractivity contribution >= 4 is 23.9 Å². The minimum atomic E-state index is -0.252. The number of nitrogens with zero attached hydrogens (tertiary/aromatic N) is 4. The van der Waals surface area contributed by atoms with Crippen LogP contribution in [0.15, 0.2) is 0 Å². The van der Waals surface area contributed by atoms with E-state index in [0.717, 1.165) is 77.8 Å². The summed E-state index contributed by atoms with van der Waals surface area (Å²) in [7, 11) is 3.54. The summed E-state index contributed by atoms with van der Waals surface area (Å²) < 4.78 is 21.8. The molecule has 0 bridgehead atoms. The second kappa shape index (κ2) is 52.6. The van der Waals surface area contributed by atoms with Crippen LogP contribution in [0.5, 0.6) is 0 Å². The Bertz CT molecular complexity index is 1170. The van der Waals surface area contributed by atoms with Gasteiger partial charge in [0, 0.05) is 71.5 Å². The molecular formula is C59H116N4O8. The van der Waals surface area contributed by atoms with E-state index in [4.69, 9.17) is 18.9 Å². The third-order valence-corrected chi connectivity index (χ3v) is 14.0. The zero-order valence-corrected chi connectivity index (χ0v) is 47.9. The van der Waals surface area contributed by atoms with E-state index < -0.39 is 0 Å². The number of carbonyl (C=O) groups is 4. The maximum Gasteiger partial charge on any atom is 0.307 e. The van der Waals surface area contributed by atoms with Gasteiger partial charge in [-0.1, -0.05) is 194 Å². The van der Waals surface area contributed by atoms with Gasteiger partial charge in [-0.3, -0.25) is 24.1 Å². The van der Waals surface area contributed by atoms with Crippen molar-refractivity contribution in [2.45, 2.75) is 259 Å². The minimum absolute atomic E-state index is 0.169. The van der Waals surface area contributed by atoms with Gasteiger partial charge in [0.2, 0.25) is 0 Å². The number of rotatable bonds is 55. The van der Waals surface area contributed by atoms with Gasteiger partial charge in [0.1, 0.15) is 0 Å². The van der Waals surface area contributed by atoms with Crippen molar-refractivity contribution in [1.82, 2.24) is 19.6 Å². The lowest BCUT2D eigenvalue weighted by Gasteiger charge is -2.32. The standard InChI is InChI=1S/C59H116N4O8/c1-8-11-14-17-20-23-26-29-32-35-52-69-57(65)39-43-61(44-40-58(66)70-53-36-33-30-27-24-21-18-15-12-9-2)48-46-60(6)47-50-63(55(4)5)51-49-62(42-38-56(64)68-7)45-41-59(67)71-54-37-34-31-28-25-22-19-16-13-10-3/h55H,8-54H2,1-7H3. The van der Waals surface area contributed by atoms with Crippen molar-refractivity contribution in [1.29, 1.82) is 0 Å². The Labute approximate surface area is 438 Å². The first-order valence-corrected chi connectivity index (χ1v) is 30.0. The molecule has 0 aromatic rings. The fourth-order valence-corrected chi connectivity index (χ4v) is 8.93. The van der Waals surface area contributed by atoms with Crippen LogP contribution in [-0.2, 0) is 38.1 Å². The molecule has 0 amide bonds. The highest BCUT2D eigenvalue weighted by molar-refractivity contribution is 5.70. The molecule has 0 heterocycles. The van der Waals surface area contributed by atoms with Gasteiger partial charge in [-0.15, -0.1) is 0 Å². The Kier molecular flexibility index (Phi) is 50.9. The topological polar surface area (TPSA) is 118 Å². The van der Waals surface area contributed by atoms with Crippen molar-refractivity contribution < 1.29 is 38.1 Å². The second-order valence-corrected chi connectivity index (χ2v) is 20.9. The average Bonchev–Trinajstić information content (AvgIpc) is 3.36. The van der Waals surface area contributed by atoms with E-state index in [2.05, 4.69) is 61.3 Å². The van der Waals surface area contributed by atoms with Crippen LogP contribution in [0.3, 0.4) is 0 Å². The van der Waals surface area contributed by atoms with Crippen molar-refractivity contribution in [3.8, 4) is 0 Å². The molecule has 0 rings (SSSR count). The fourth-order valence-electron chi connectivity index (χ4n) is 8.93. The minimum Gasteiger partial charge on any atom is -0.469 e. The highest BCUT2D eigenvalue weighted by Crippen LogP contribution is 2.14. The molecule has 0 aromatic carbocycles. The molecule has 0 aliphatic heterocycles. The van der Waals surface area contributed by atoms with Crippen LogP contribution in [0.25, 0.3) is 0 Å². The first kappa shape index (κ1) is 68.7. The largest absolute Gasteiger partial charge is 0.469 e. The van der Waals surface area contributed by atoms with Gasteiger partial charge < -0.3 is 33.6 Å². The zero-order chi connectivity index (χ0) is 52.3. The summed E-state index contributed by atoms with van der Waals surface area (Å²) in [6.45, 7) is 19.5. The van der Waals surface area contributed by atoms with E-state index in [9.17, 15) is 19.2 Å². The summed E-state index contributed by atoms with van der Waals surface area (Å²) in [6.07, 6.45) is 38.5. The maximum absolute atomic E-state index is 12.8. The maximum atomic E-state index is 12.8. The molecule has 0 atom stereocenters. The number of ether oxygens (including phenoxy) is 4. The quantitative estimate of drug-likeness (QED) is 0.0328. The molecule has 0 radical (unpaired) electrons. The van der Waals surface area contributed by atoms with E-state index in [-0.39, 0.29) is 30.3 Å². The molecule has 0 saturated heterocycles. The van der Waals surface area contributed by atoms with Crippen molar-refractivity contribution in [2.75, 3.05) is 99.4 Å². The number of hydrogen-bond donors (Lipinski definition) is 0. The number of likely N-dealkylation sites (N-methyl/N-ethyl adjacent to an activating group) is 1. The predicted octanol–water partition coefficient (Wildman–Crippen LogP) is 13.4. The van der Waals surface area contributed by atoms with Crippen LogP contribution in [-0.4, -0.2) is 149 Å².